The van der Waals surface area contributed by atoms with Gasteiger partial charge in [-0.1, -0.05) is 13.3 Å². The van der Waals surface area contributed by atoms with Crippen molar-refractivity contribution in [3.8, 4) is 0 Å². The van der Waals surface area contributed by atoms with Crippen LogP contribution in [0, 0.1) is 5.92 Å². The number of hydrogen-bond acceptors (Lipinski definition) is 2. The van der Waals surface area contributed by atoms with Crippen LogP contribution in [0.5, 0.6) is 0 Å². The Hall–Kier alpha value is -1.18. The average molecular weight is 190 g/mol. The maximum absolute atomic E-state index is 5.64. The zero-order chi connectivity index (χ0) is 9.97. The third-order valence-corrected chi connectivity index (χ3v) is 2.91. The molecule has 2 N–H and O–H groups in total. The van der Waals surface area contributed by atoms with Crippen LogP contribution in [0.4, 0.5) is 11.4 Å². The Balaban J connectivity index is 1.90. The fourth-order valence-corrected chi connectivity index (χ4v) is 2.06. The Morgan fingerprint density at radius 2 is 1.93 bits per heavy atom. The van der Waals surface area contributed by atoms with Gasteiger partial charge in [-0.25, -0.2) is 0 Å². The van der Waals surface area contributed by atoms with Gasteiger partial charge in [0.05, 0.1) is 0 Å². The van der Waals surface area contributed by atoms with Crippen LogP contribution in [0.3, 0.4) is 0 Å². The van der Waals surface area contributed by atoms with Gasteiger partial charge in [-0.15, -0.1) is 0 Å². The molecule has 2 rings (SSSR count). The molecule has 1 aliphatic heterocycles. The third kappa shape index (κ3) is 1.84. The summed E-state index contributed by atoms with van der Waals surface area (Å²) in [7, 11) is 0. The summed E-state index contributed by atoms with van der Waals surface area (Å²) in [4.78, 5) is 2.42. The van der Waals surface area contributed by atoms with E-state index in [1.54, 1.807) is 0 Å². The molecule has 1 aliphatic rings. The van der Waals surface area contributed by atoms with Crippen molar-refractivity contribution < 1.29 is 0 Å². The fraction of sp³-hybridized carbons (Fsp3) is 0.500. The molecule has 14 heavy (non-hydrogen) atoms. The van der Waals surface area contributed by atoms with E-state index in [2.05, 4.69) is 24.0 Å². The van der Waals surface area contributed by atoms with Crippen molar-refractivity contribution in [1.29, 1.82) is 0 Å². The molecule has 0 radical (unpaired) electrons. The molecule has 0 saturated carbocycles. The van der Waals surface area contributed by atoms with Crippen molar-refractivity contribution in [2.45, 2.75) is 19.8 Å². The molecule has 0 amide bonds. The molecule has 1 aromatic rings. The van der Waals surface area contributed by atoms with Gasteiger partial charge in [-0.3, -0.25) is 0 Å². The van der Waals surface area contributed by atoms with E-state index in [-0.39, 0.29) is 0 Å². The molecule has 0 aliphatic carbocycles. The minimum atomic E-state index is 0.847. The molecule has 1 heterocycles. The molecule has 2 nitrogen and oxygen atoms in total. The summed E-state index contributed by atoms with van der Waals surface area (Å²) in [5.41, 5.74) is 7.80. The van der Waals surface area contributed by atoms with Crippen LogP contribution in [0.1, 0.15) is 19.8 Å². The molecule has 0 aromatic heterocycles. The lowest BCUT2D eigenvalue weighted by Gasteiger charge is -2.41. The number of rotatable bonds is 3. The van der Waals surface area contributed by atoms with E-state index in [1.165, 1.54) is 31.6 Å². The van der Waals surface area contributed by atoms with Gasteiger partial charge in [0, 0.05) is 24.5 Å². The first-order valence-corrected chi connectivity index (χ1v) is 5.40. The molecule has 76 valence electrons. The molecule has 0 bridgehead atoms. The van der Waals surface area contributed by atoms with Gasteiger partial charge in [0.25, 0.3) is 0 Å². The molecule has 1 fully saturated rings. The lowest BCUT2D eigenvalue weighted by molar-refractivity contribution is 0.381. The van der Waals surface area contributed by atoms with Crippen LogP contribution < -0.4 is 10.6 Å². The van der Waals surface area contributed by atoms with Crippen molar-refractivity contribution >= 4 is 11.4 Å². The van der Waals surface area contributed by atoms with Gasteiger partial charge < -0.3 is 10.6 Å². The van der Waals surface area contributed by atoms with E-state index in [4.69, 9.17) is 5.73 Å². The van der Waals surface area contributed by atoms with E-state index in [1.807, 2.05) is 12.1 Å². The van der Waals surface area contributed by atoms with Crippen LogP contribution in [0.15, 0.2) is 24.3 Å². The minimum Gasteiger partial charge on any atom is -0.399 e. The summed E-state index contributed by atoms with van der Waals surface area (Å²) in [6.45, 7) is 4.70. The van der Waals surface area contributed by atoms with Crippen LogP contribution in [0.25, 0.3) is 0 Å². The van der Waals surface area contributed by atoms with E-state index in [0.29, 0.717) is 0 Å². The van der Waals surface area contributed by atoms with Gasteiger partial charge in [-0.05, 0) is 36.6 Å². The second-order valence-electron chi connectivity index (χ2n) is 4.15. The summed E-state index contributed by atoms with van der Waals surface area (Å²) >= 11 is 0. The SMILES string of the molecule is CCCC1CN(c2ccc(N)cc2)C1. The summed E-state index contributed by atoms with van der Waals surface area (Å²) < 4.78 is 0. The Bertz CT molecular complexity index is 286. The van der Waals surface area contributed by atoms with Crippen LogP contribution in [-0.2, 0) is 0 Å². The summed E-state index contributed by atoms with van der Waals surface area (Å²) in [6, 6.07) is 8.17. The normalized spacial score (nSPS) is 16.8. The summed E-state index contributed by atoms with van der Waals surface area (Å²) in [5.74, 6) is 0.914. The molecular weight excluding hydrogens is 172 g/mol. The standard InChI is InChI=1S/C12H18N2/c1-2-3-10-8-14(9-10)12-6-4-11(13)5-7-12/h4-7,10H,2-3,8-9,13H2,1H3. The van der Waals surface area contributed by atoms with E-state index >= 15 is 0 Å². The Morgan fingerprint density at radius 3 is 2.50 bits per heavy atom. The van der Waals surface area contributed by atoms with Crippen LogP contribution >= 0.6 is 0 Å². The molecule has 0 atom stereocenters. The van der Waals surface area contributed by atoms with Crippen LogP contribution in [-0.4, -0.2) is 13.1 Å². The van der Waals surface area contributed by atoms with E-state index in [9.17, 15) is 0 Å². The molecule has 0 unspecified atom stereocenters. The number of anilines is 2. The molecule has 0 spiro atoms. The number of benzene rings is 1. The second-order valence-corrected chi connectivity index (χ2v) is 4.15. The van der Waals surface area contributed by atoms with Gasteiger partial charge >= 0.3 is 0 Å². The highest BCUT2D eigenvalue weighted by Gasteiger charge is 2.25. The number of hydrogen-bond donors (Lipinski definition) is 1. The smallest absolute Gasteiger partial charge is 0.0367 e. The number of nitrogens with zero attached hydrogens (tertiary/aromatic N) is 1. The monoisotopic (exact) mass is 190 g/mol. The molecular formula is C12H18N2. The van der Waals surface area contributed by atoms with E-state index < -0.39 is 0 Å². The maximum Gasteiger partial charge on any atom is 0.0367 e. The highest BCUT2D eigenvalue weighted by molar-refractivity contribution is 5.54. The van der Waals surface area contributed by atoms with Crippen molar-refractivity contribution in [1.82, 2.24) is 0 Å². The Labute approximate surface area is 85.7 Å². The van der Waals surface area contributed by atoms with Crippen molar-refractivity contribution in [2.24, 2.45) is 5.92 Å². The zero-order valence-corrected chi connectivity index (χ0v) is 8.74. The molecule has 2 heteroatoms. The first-order valence-electron chi connectivity index (χ1n) is 5.40. The van der Waals surface area contributed by atoms with Gasteiger partial charge in [0.15, 0.2) is 0 Å². The number of nitrogens with two attached hydrogens (primary N) is 1. The largest absolute Gasteiger partial charge is 0.399 e. The first kappa shape index (κ1) is 9.38. The van der Waals surface area contributed by atoms with Crippen molar-refractivity contribution in [3.63, 3.8) is 0 Å². The zero-order valence-electron chi connectivity index (χ0n) is 8.74. The topological polar surface area (TPSA) is 29.3 Å². The summed E-state index contributed by atoms with van der Waals surface area (Å²) in [6.07, 6.45) is 2.67. The predicted molar refractivity (Wildman–Crippen MR) is 61.5 cm³/mol. The lowest BCUT2D eigenvalue weighted by Crippen LogP contribution is -2.46. The lowest BCUT2D eigenvalue weighted by atomic mass is 9.94. The highest BCUT2D eigenvalue weighted by atomic mass is 15.2. The molecule has 1 aromatic carbocycles. The van der Waals surface area contributed by atoms with Crippen molar-refractivity contribution in [3.05, 3.63) is 24.3 Å². The average Bonchev–Trinajstić information content (AvgIpc) is 2.13. The van der Waals surface area contributed by atoms with E-state index in [0.717, 1.165) is 11.6 Å². The summed E-state index contributed by atoms with van der Waals surface area (Å²) in [5, 5.41) is 0. The first-order chi connectivity index (χ1) is 6.79. The predicted octanol–water partition coefficient (Wildman–Crippen LogP) is 2.51. The third-order valence-electron chi connectivity index (χ3n) is 2.91. The second kappa shape index (κ2) is 3.91. The minimum absolute atomic E-state index is 0.847. The Morgan fingerprint density at radius 1 is 1.29 bits per heavy atom. The quantitative estimate of drug-likeness (QED) is 0.742. The van der Waals surface area contributed by atoms with Gasteiger partial charge in [0.2, 0.25) is 0 Å². The van der Waals surface area contributed by atoms with Crippen molar-refractivity contribution in [2.75, 3.05) is 23.7 Å². The van der Waals surface area contributed by atoms with Crippen LogP contribution in [0.2, 0.25) is 0 Å². The fourth-order valence-electron chi connectivity index (χ4n) is 2.06. The Kier molecular flexibility index (Phi) is 2.62. The highest BCUT2D eigenvalue weighted by Crippen LogP contribution is 2.27. The molecule has 1 saturated heterocycles. The van der Waals surface area contributed by atoms with Gasteiger partial charge in [-0.2, -0.15) is 0 Å². The van der Waals surface area contributed by atoms with Gasteiger partial charge in [0.1, 0.15) is 0 Å². The maximum atomic E-state index is 5.64. The number of nitrogen functional groups attached to an aromatic ring is 1.